The van der Waals surface area contributed by atoms with E-state index in [4.69, 9.17) is 57.9 Å². The van der Waals surface area contributed by atoms with E-state index in [1.807, 2.05) is 32.0 Å². The number of nitrogens with zero attached hydrogens (tertiary/aromatic N) is 5. The maximum atomic E-state index is 13.2. The molecule has 0 saturated heterocycles. The Kier molecular flexibility index (Phi) is 31.3. The number of pyridine rings is 2. The van der Waals surface area contributed by atoms with Crippen molar-refractivity contribution in [2.75, 3.05) is 158 Å². The minimum absolute atomic E-state index is 0.155. The highest BCUT2D eigenvalue weighted by Gasteiger charge is 2.26. The van der Waals surface area contributed by atoms with Crippen LogP contribution in [-0.4, -0.2) is 214 Å². The van der Waals surface area contributed by atoms with E-state index in [1.54, 1.807) is 18.5 Å². The van der Waals surface area contributed by atoms with Crippen molar-refractivity contribution >= 4 is 47.1 Å². The topological polar surface area (TPSA) is 282 Å². The van der Waals surface area contributed by atoms with E-state index < -0.39 is 17.7 Å². The molecule has 24 heteroatoms. The minimum atomic E-state index is -0.499. The molecule has 0 aliphatic carbocycles. The van der Waals surface area contributed by atoms with Gasteiger partial charge in [0, 0.05) is 67.2 Å². The number of hydrogen-bond donors (Lipinski definition) is 3. The molecule has 0 fully saturated rings. The van der Waals surface area contributed by atoms with Crippen LogP contribution in [0.2, 0.25) is 0 Å². The van der Waals surface area contributed by atoms with Crippen LogP contribution in [0, 0.1) is 0 Å². The van der Waals surface area contributed by atoms with E-state index in [9.17, 15) is 24.0 Å². The molecule has 0 spiro atoms. The van der Waals surface area contributed by atoms with Crippen molar-refractivity contribution in [3.05, 3.63) is 59.7 Å². The molecule has 0 unspecified atom stereocenters. The smallest absolute Gasteiger partial charge is 0.273 e. The van der Waals surface area contributed by atoms with Gasteiger partial charge in [-0.1, -0.05) is 13.0 Å². The SMILES string of the molecule is CCCN(OCC)C(=O)C1=Cc2ncc(-c3ccc(CNC(=O)CCOCCOCCOCCOCCOCCOCCOCCOCCOCCOCCNC(=O)CN4C(=O)C=CC4=O)nc3)cc2N=C(N)C1. The van der Waals surface area contributed by atoms with Gasteiger partial charge in [-0.3, -0.25) is 43.7 Å². The van der Waals surface area contributed by atoms with Crippen LogP contribution in [-0.2, 0) is 82.7 Å². The molecule has 2 aromatic heterocycles. The summed E-state index contributed by atoms with van der Waals surface area (Å²) in [5.41, 5.74) is 10.0. The summed E-state index contributed by atoms with van der Waals surface area (Å²) in [6.07, 6.45) is 8.52. The monoisotopic (exact) mass is 1040 g/mol. The Morgan fingerprint density at radius 1 is 0.635 bits per heavy atom. The first-order valence-electron chi connectivity index (χ1n) is 25.0. The Bertz CT molecular complexity index is 2050. The number of hydrogen-bond acceptors (Lipinski definition) is 20. The first-order chi connectivity index (χ1) is 36.2. The number of aliphatic imine (C=N–C) groups is 1. The third kappa shape index (κ3) is 25.5. The first-order valence-corrected chi connectivity index (χ1v) is 25.0. The average Bonchev–Trinajstić information content (AvgIpc) is 3.60. The van der Waals surface area contributed by atoms with Crippen molar-refractivity contribution in [3.63, 3.8) is 0 Å². The summed E-state index contributed by atoms with van der Waals surface area (Å²) >= 11 is 0. The highest BCUT2D eigenvalue weighted by atomic mass is 16.7. The number of ether oxygens (including phenoxy) is 10. The van der Waals surface area contributed by atoms with Gasteiger partial charge in [-0.2, -0.15) is 0 Å². The lowest BCUT2D eigenvalue weighted by Gasteiger charge is -2.21. The lowest BCUT2D eigenvalue weighted by molar-refractivity contribution is -0.180. The number of hydroxylamine groups is 2. The molecule has 0 saturated carbocycles. The van der Waals surface area contributed by atoms with E-state index >= 15 is 0 Å². The molecule has 0 radical (unpaired) electrons. The minimum Gasteiger partial charge on any atom is -0.387 e. The molecule has 74 heavy (non-hydrogen) atoms. The molecule has 24 nitrogen and oxygen atoms in total. The fraction of sp³-hybridized carbons (Fsp3) is 0.600. The summed E-state index contributed by atoms with van der Waals surface area (Å²) in [5, 5.41) is 6.81. The van der Waals surface area contributed by atoms with Crippen molar-refractivity contribution in [1.29, 1.82) is 0 Å². The van der Waals surface area contributed by atoms with Gasteiger partial charge >= 0.3 is 0 Å². The molecule has 4 heterocycles. The summed E-state index contributed by atoms with van der Waals surface area (Å²) in [4.78, 5) is 80.3. The van der Waals surface area contributed by atoms with Gasteiger partial charge in [-0.05, 0) is 31.6 Å². The number of nitrogens with one attached hydrogen (secondary N) is 2. The van der Waals surface area contributed by atoms with Gasteiger partial charge in [0.05, 0.1) is 162 Å². The van der Waals surface area contributed by atoms with Gasteiger partial charge < -0.3 is 63.7 Å². The second-order valence-electron chi connectivity index (χ2n) is 16.0. The molecule has 2 aliphatic rings. The number of aromatic nitrogens is 2. The van der Waals surface area contributed by atoms with Crippen LogP contribution < -0.4 is 16.4 Å². The quantitative estimate of drug-likeness (QED) is 0.0480. The van der Waals surface area contributed by atoms with Crippen LogP contribution in [0.5, 0.6) is 0 Å². The first kappa shape index (κ1) is 60.9. The van der Waals surface area contributed by atoms with Crippen LogP contribution >= 0.6 is 0 Å². The second kappa shape index (κ2) is 38.0. The number of nitrogens with two attached hydrogens (primary N) is 1. The van der Waals surface area contributed by atoms with E-state index in [1.165, 1.54) is 5.06 Å². The average molecular weight is 1040 g/mol. The number of fused-ring (bicyclic) bond motifs is 1. The zero-order chi connectivity index (χ0) is 52.9. The normalized spacial score (nSPS) is 13.2. The van der Waals surface area contributed by atoms with Crippen molar-refractivity contribution < 1.29 is 76.2 Å². The predicted molar refractivity (Wildman–Crippen MR) is 268 cm³/mol. The Morgan fingerprint density at radius 3 is 1.62 bits per heavy atom. The number of carbonyl (C=O) groups excluding carboxylic acids is 5. The van der Waals surface area contributed by atoms with E-state index in [2.05, 4.69) is 25.6 Å². The lowest BCUT2D eigenvalue weighted by atomic mass is 10.1. The molecule has 0 bridgehead atoms. The Morgan fingerprint density at radius 2 is 1.14 bits per heavy atom. The summed E-state index contributed by atoms with van der Waals surface area (Å²) in [6, 6.07) is 5.59. The summed E-state index contributed by atoms with van der Waals surface area (Å²) in [7, 11) is 0. The van der Waals surface area contributed by atoms with Crippen molar-refractivity contribution in [1.82, 2.24) is 30.6 Å². The second-order valence-corrected chi connectivity index (χ2v) is 16.0. The number of amides is 5. The summed E-state index contributed by atoms with van der Waals surface area (Å²) in [5.74, 6) is -1.54. The Balaban J connectivity index is 0.848. The molecule has 0 atom stereocenters. The van der Waals surface area contributed by atoms with Crippen LogP contribution in [0.15, 0.2) is 53.3 Å². The van der Waals surface area contributed by atoms with Crippen molar-refractivity contribution in [2.24, 2.45) is 10.7 Å². The van der Waals surface area contributed by atoms with Gasteiger partial charge in [-0.15, -0.1) is 0 Å². The van der Waals surface area contributed by atoms with Crippen molar-refractivity contribution in [2.45, 2.75) is 39.7 Å². The van der Waals surface area contributed by atoms with Gasteiger partial charge in [0.15, 0.2) is 0 Å². The molecule has 2 aliphatic heterocycles. The van der Waals surface area contributed by atoms with Crippen LogP contribution in [0.25, 0.3) is 17.2 Å². The fourth-order valence-electron chi connectivity index (χ4n) is 6.58. The molecular formula is C50H74N8O16. The van der Waals surface area contributed by atoms with Crippen molar-refractivity contribution in [3.8, 4) is 11.1 Å². The van der Waals surface area contributed by atoms with Crippen LogP contribution in [0.1, 0.15) is 44.5 Å². The number of imide groups is 1. The number of rotatable bonds is 43. The van der Waals surface area contributed by atoms with Gasteiger partial charge in [0.25, 0.3) is 17.7 Å². The highest BCUT2D eigenvalue weighted by Crippen LogP contribution is 2.30. The number of carbonyl (C=O) groups is 5. The zero-order valence-corrected chi connectivity index (χ0v) is 42.8. The molecule has 4 N–H and O–H groups in total. The largest absolute Gasteiger partial charge is 0.387 e. The fourth-order valence-corrected chi connectivity index (χ4v) is 6.58. The molecule has 0 aromatic carbocycles. The summed E-state index contributed by atoms with van der Waals surface area (Å²) in [6.45, 7) is 12.9. The third-order valence-electron chi connectivity index (χ3n) is 10.3. The van der Waals surface area contributed by atoms with Gasteiger partial charge in [0.1, 0.15) is 12.4 Å². The molecular weight excluding hydrogens is 969 g/mol. The predicted octanol–water partition coefficient (Wildman–Crippen LogP) is 1.32. The maximum absolute atomic E-state index is 13.2. The van der Waals surface area contributed by atoms with Crippen LogP contribution in [0.3, 0.4) is 0 Å². The van der Waals surface area contributed by atoms with E-state index in [0.29, 0.717) is 161 Å². The maximum Gasteiger partial charge on any atom is 0.273 e. The van der Waals surface area contributed by atoms with Gasteiger partial charge in [-0.25, -0.2) is 10.1 Å². The number of amidine groups is 1. The lowest BCUT2D eigenvalue weighted by Crippen LogP contribution is -2.41. The van der Waals surface area contributed by atoms with E-state index in [0.717, 1.165) is 34.6 Å². The van der Waals surface area contributed by atoms with E-state index in [-0.39, 0.29) is 57.5 Å². The molecule has 4 rings (SSSR count). The molecule has 2 aromatic rings. The van der Waals surface area contributed by atoms with Crippen LogP contribution in [0.4, 0.5) is 5.69 Å². The zero-order valence-electron chi connectivity index (χ0n) is 42.8. The third-order valence-corrected chi connectivity index (χ3v) is 10.3. The molecule has 410 valence electrons. The summed E-state index contributed by atoms with van der Waals surface area (Å²) < 4.78 is 54.8. The standard InChI is InChI=1S/C50H74N8O16/c1-3-11-58(74-4-2)50(63)40-32-43-44(56-45(51)34-40)33-41(36-54-43)39-5-6-42(53-35-39)37-55-46(59)9-12-64-14-16-66-18-20-68-22-24-70-26-28-72-30-31-73-29-27-71-25-23-69-21-19-67-17-15-65-13-10-52-47(60)38-57-48(61)7-8-49(57)62/h5-8,32-33,35-36H,3-4,9-31,34,37-38H2,1-2H3,(H2,51,56)(H,52,60)(H,55,59). The Labute approximate surface area is 432 Å². The molecule has 5 amide bonds. The Hall–Kier alpha value is -5.64. The van der Waals surface area contributed by atoms with Gasteiger partial charge in [0.2, 0.25) is 11.8 Å². The highest BCUT2D eigenvalue weighted by molar-refractivity contribution is 6.14.